The van der Waals surface area contributed by atoms with E-state index >= 15 is 0 Å². The van der Waals surface area contributed by atoms with Crippen LogP contribution in [0.5, 0.6) is 0 Å². The van der Waals surface area contributed by atoms with Crippen molar-refractivity contribution in [2.75, 3.05) is 6.54 Å². The number of nitrogens with zero attached hydrogens (tertiary/aromatic N) is 1. The molecule has 0 radical (unpaired) electrons. The molecule has 3 fully saturated rings. The Morgan fingerprint density at radius 2 is 1.68 bits per heavy atom. The number of fused-ring (bicyclic) bond motifs is 1. The minimum Gasteiger partial charge on any atom is -0.338 e. The van der Waals surface area contributed by atoms with Gasteiger partial charge < -0.3 is 10.6 Å². The molecule has 1 aliphatic heterocycles. The number of piperidine rings is 1. The van der Waals surface area contributed by atoms with Gasteiger partial charge in [0.05, 0.1) is 0 Å². The lowest BCUT2D eigenvalue weighted by Gasteiger charge is -2.38. The van der Waals surface area contributed by atoms with E-state index in [4.69, 9.17) is 5.73 Å². The third-order valence-corrected chi connectivity index (χ3v) is 5.38. The van der Waals surface area contributed by atoms with Gasteiger partial charge in [-0.25, -0.2) is 0 Å². The van der Waals surface area contributed by atoms with Crippen LogP contribution in [-0.2, 0) is 4.79 Å². The van der Waals surface area contributed by atoms with Crippen LogP contribution in [0.3, 0.4) is 0 Å². The average Bonchev–Trinajstić information content (AvgIpc) is 3.12. The first-order valence-corrected chi connectivity index (χ1v) is 7.76. The van der Waals surface area contributed by atoms with Gasteiger partial charge in [-0.3, -0.25) is 4.79 Å². The fourth-order valence-electron chi connectivity index (χ4n) is 4.33. The van der Waals surface area contributed by atoms with Crippen LogP contribution in [-0.4, -0.2) is 29.4 Å². The summed E-state index contributed by atoms with van der Waals surface area (Å²) in [4.78, 5) is 14.8. The van der Waals surface area contributed by atoms with E-state index in [1.165, 1.54) is 32.1 Å². The average molecular weight is 287 g/mol. The number of likely N-dealkylation sites (tertiary alicyclic amines) is 1. The van der Waals surface area contributed by atoms with Gasteiger partial charge in [0.25, 0.3) is 0 Å². The van der Waals surface area contributed by atoms with E-state index in [9.17, 15) is 4.79 Å². The monoisotopic (exact) mass is 286 g/mol. The fraction of sp³-hybridized carbons (Fsp3) is 0.933. The van der Waals surface area contributed by atoms with E-state index in [-0.39, 0.29) is 18.4 Å². The fourth-order valence-corrected chi connectivity index (χ4v) is 4.33. The Morgan fingerprint density at radius 3 is 2.26 bits per heavy atom. The second-order valence-corrected chi connectivity index (χ2v) is 6.59. The van der Waals surface area contributed by atoms with Crippen molar-refractivity contribution in [1.29, 1.82) is 0 Å². The van der Waals surface area contributed by atoms with Crippen LogP contribution in [0.25, 0.3) is 0 Å². The Labute approximate surface area is 122 Å². The minimum absolute atomic E-state index is 0. The van der Waals surface area contributed by atoms with E-state index in [0.29, 0.717) is 17.9 Å². The minimum atomic E-state index is 0. The molecule has 4 heteroatoms. The topological polar surface area (TPSA) is 46.3 Å². The molecule has 19 heavy (non-hydrogen) atoms. The molecule has 4 unspecified atom stereocenters. The number of amides is 1. The Morgan fingerprint density at radius 1 is 1.11 bits per heavy atom. The number of halogens is 1. The molecule has 110 valence electrons. The third kappa shape index (κ3) is 2.78. The molecule has 2 aliphatic carbocycles. The first kappa shape index (κ1) is 15.1. The van der Waals surface area contributed by atoms with Gasteiger partial charge in [0.2, 0.25) is 5.91 Å². The lowest BCUT2D eigenvalue weighted by molar-refractivity contribution is -0.137. The van der Waals surface area contributed by atoms with Crippen LogP contribution >= 0.6 is 12.4 Å². The van der Waals surface area contributed by atoms with Crippen molar-refractivity contribution < 1.29 is 4.79 Å². The summed E-state index contributed by atoms with van der Waals surface area (Å²) < 4.78 is 0. The van der Waals surface area contributed by atoms with E-state index in [0.717, 1.165) is 31.2 Å². The molecule has 1 saturated heterocycles. The molecule has 1 amide bonds. The maximum absolute atomic E-state index is 12.7. The summed E-state index contributed by atoms with van der Waals surface area (Å²) in [5, 5.41) is 0. The number of hydrogen-bond donors (Lipinski definition) is 1. The highest BCUT2D eigenvalue weighted by Crippen LogP contribution is 2.56. The molecule has 2 N–H and O–H groups in total. The van der Waals surface area contributed by atoms with Crippen LogP contribution in [0.15, 0.2) is 0 Å². The zero-order valence-electron chi connectivity index (χ0n) is 11.9. The van der Waals surface area contributed by atoms with Crippen molar-refractivity contribution in [3.05, 3.63) is 0 Å². The van der Waals surface area contributed by atoms with Crippen molar-refractivity contribution in [2.24, 2.45) is 23.5 Å². The zero-order valence-corrected chi connectivity index (χ0v) is 12.7. The van der Waals surface area contributed by atoms with E-state index in [1.807, 2.05) is 0 Å². The summed E-state index contributed by atoms with van der Waals surface area (Å²) in [6.07, 6.45) is 8.74. The van der Waals surface area contributed by atoms with Crippen molar-refractivity contribution in [3.63, 3.8) is 0 Å². The van der Waals surface area contributed by atoms with E-state index < -0.39 is 0 Å². The zero-order chi connectivity index (χ0) is 12.7. The normalized spacial score (nSPS) is 38.9. The standard InChI is InChI=1S/C15H26N2O.ClH/c1-10(16)13-8-4-5-9-17(13)15(18)14-11-6-2-3-7-12(11)14;/h10-14H,2-9,16H2,1H3;1H. The number of carbonyl (C=O) groups is 1. The molecule has 0 aromatic carbocycles. The summed E-state index contributed by atoms with van der Waals surface area (Å²) in [6.45, 7) is 3.00. The van der Waals surface area contributed by atoms with Gasteiger partial charge in [-0.05, 0) is 50.9 Å². The SMILES string of the molecule is CC(N)C1CCCCN1C(=O)C1C2CCCCC21.Cl. The summed E-state index contributed by atoms with van der Waals surface area (Å²) >= 11 is 0. The van der Waals surface area contributed by atoms with Gasteiger partial charge in [0, 0.05) is 24.5 Å². The Kier molecular flexibility index (Phi) is 4.78. The summed E-state index contributed by atoms with van der Waals surface area (Å²) in [7, 11) is 0. The lowest BCUT2D eigenvalue weighted by Crippen LogP contribution is -2.52. The third-order valence-electron chi connectivity index (χ3n) is 5.38. The van der Waals surface area contributed by atoms with Crippen LogP contribution < -0.4 is 5.73 Å². The van der Waals surface area contributed by atoms with Crippen molar-refractivity contribution >= 4 is 18.3 Å². The van der Waals surface area contributed by atoms with Crippen LogP contribution in [0.4, 0.5) is 0 Å². The highest BCUT2D eigenvalue weighted by atomic mass is 35.5. The van der Waals surface area contributed by atoms with Crippen LogP contribution in [0.2, 0.25) is 0 Å². The molecular weight excluding hydrogens is 260 g/mol. The highest BCUT2D eigenvalue weighted by Gasteiger charge is 2.56. The molecule has 2 saturated carbocycles. The summed E-state index contributed by atoms with van der Waals surface area (Å²) in [5.74, 6) is 2.25. The molecule has 0 bridgehead atoms. The second-order valence-electron chi connectivity index (χ2n) is 6.59. The molecule has 0 spiro atoms. The predicted molar refractivity (Wildman–Crippen MR) is 79.2 cm³/mol. The quantitative estimate of drug-likeness (QED) is 0.848. The van der Waals surface area contributed by atoms with Gasteiger partial charge in [-0.1, -0.05) is 12.8 Å². The van der Waals surface area contributed by atoms with Gasteiger partial charge in [-0.15, -0.1) is 12.4 Å². The Hall–Kier alpha value is -0.280. The molecule has 1 heterocycles. The van der Waals surface area contributed by atoms with E-state index in [2.05, 4.69) is 11.8 Å². The number of hydrogen-bond acceptors (Lipinski definition) is 2. The highest BCUT2D eigenvalue weighted by molar-refractivity contribution is 5.85. The van der Waals surface area contributed by atoms with Crippen molar-refractivity contribution in [2.45, 2.75) is 64.0 Å². The smallest absolute Gasteiger partial charge is 0.226 e. The maximum atomic E-state index is 12.7. The van der Waals surface area contributed by atoms with Crippen molar-refractivity contribution in [3.8, 4) is 0 Å². The van der Waals surface area contributed by atoms with E-state index in [1.54, 1.807) is 0 Å². The molecule has 0 aromatic heterocycles. The largest absolute Gasteiger partial charge is 0.338 e. The Balaban J connectivity index is 0.00000133. The molecule has 3 aliphatic rings. The van der Waals surface area contributed by atoms with Gasteiger partial charge in [-0.2, -0.15) is 0 Å². The first-order valence-electron chi connectivity index (χ1n) is 7.76. The summed E-state index contributed by atoms with van der Waals surface area (Å²) in [5.41, 5.74) is 6.07. The Bertz CT molecular complexity index is 322. The second kappa shape index (κ2) is 6.01. The first-order chi connectivity index (χ1) is 8.70. The lowest BCUT2D eigenvalue weighted by atomic mass is 9.96. The van der Waals surface area contributed by atoms with Gasteiger partial charge in [0.15, 0.2) is 0 Å². The number of nitrogens with two attached hydrogens (primary N) is 1. The maximum Gasteiger partial charge on any atom is 0.226 e. The molecule has 3 rings (SSSR count). The van der Waals surface area contributed by atoms with Crippen LogP contribution in [0, 0.1) is 17.8 Å². The molecular formula is C15H27ClN2O. The van der Waals surface area contributed by atoms with Crippen molar-refractivity contribution in [1.82, 2.24) is 4.90 Å². The number of rotatable bonds is 2. The predicted octanol–water partition coefficient (Wildman–Crippen LogP) is 2.57. The molecule has 0 aromatic rings. The molecule has 4 atom stereocenters. The number of carbonyl (C=O) groups excluding carboxylic acids is 1. The van der Waals surface area contributed by atoms with Gasteiger partial charge >= 0.3 is 0 Å². The van der Waals surface area contributed by atoms with Gasteiger partial charge in [0.1, 0.15) is 0 Å². The van der Waals surface area contributed by atoms with Crippen LogP contribution in [0.1, 0.15) is 51.9 Å². The molecule has 3 nitrogen and oxygen atoms in total. The summed E-state index contributed by atoms with van der Waals surface area (Å²) in [6, 6.07) is 0.420.